The summed E-state index contributed by atoms with van der Waals surface area (Å²) in [5.74, 6) is 0.477. The highest BCUT2D eigenvalue weighted by atomic mass is 16.6. The Hall–Kier alpha value is -2.90. The van der Waals surface area contributed by atoms with E-state index in [9.17, 15) is 9.59 Å². The van der Waals surface area contributed by atoms with Crippen LogP contribution in [-0.4, -0.2) is 50.3 Å². The van der Waals surface area contributed by atoms with Gasteiger partial charge in [-0.05, 0) is 39.3 Å². The number of carbonyl (C=O) groups is 1. The molecule has 3 rings (SSSR count). The number of likely N-dealkylation sites (tertiary alicyclic amines) is 1. The Bertz CT molecular complexity index is 873. The number of nitrogens with one attached hydrogen (secondary N) is 1. The highest BCUT2D eigenvalue weighted by Gasteiger charge is 2.30. The number of pyridine rings is 1. The van der Waals surface area contributed by atoms with Crippen LogP contribution in [0.15, 0.2) is 35.4 Å². The molecule has 8 heteroatoms. The van der Waals surface area contributed by atoms with E-state index in [2.05, 4.69) is 15.3 Å². The molecule has 0 aromatic carbocycles. The van der Waals surface area contributed by atoms with Crippen molar-refractivity contribution in [1.82, 2.24) is 19.4 Å². The molecule has 1 saturated heterocycles. The third kappa shape index (κ3) is 4.64. The molecule has 0 bridgehead atoms. The number of rotatable bonds is 3. The molecule has 0 spiro atoms. The summed E-state index contributed by atoms with van der Waals surface area (Å²) in [5.41, 5.74) is 0.742. The standard InChI is InChI=1S/C19H25N5O3/c1-19(2,3)27-18(26)24-10-7-14(12-24)21-17-22-15(11-16(25)23(17)4)13-5-8-20-9-6-13/h5-6,8-9,11,14H,7,10,12H2,1-4H3,(H,21,22). The lowest BCUT2D eigenvalue weighted by Gasteiger charge is -2.24. The van der Waals surface area contributed by atoms with Crippen molar-refractivity contribution in [1.29, 1.82) is 0 Å². The van der Waals surface area contributed by atoms with Crippen molar-refractivity contribution in [3.63, 3.8) is 0 Å². The summed E-state index contributed by atoms with van der Waals surface area (Å²) in [6.45, 7) is 6.65. The predicted octanol–water partition coefficient (Wildman–Crippen LogP) is 2.26. The van der Waals surface area contributed by atoms with Gasteiger partial charge in [0, 0.05) is 50.2 Å². The third-order valence-corrected chi connectivity index (χ3v) is 4.28. The van der Waals surface area contributed by atoms with Crippen LogP contribution in [0.3, 0.4) is 0 Å². The number of hydrogen-bond donors (Lipinski definition) is 1. The van der Waals surface area contributed by atoms with E-state index in [0.29, 0.717) is 24.7 Å². The first kappa shape index (κ1) is 18.9. The summed E-state index contributed by atoms with van der Waals surface area (Å²) in [6, 6.07) is 5.13. The molecular formula is C19H25N5O3. The van der Waals surface area contributed by atoms with Gasteiger partial charge in [-0.15, -0.1) is 0 Å². The number of nitrogens with zero attached hydrogens (tertiary/aromatic N) is 4. The number of ether oxygens (including phenoxy) is 1. The lowest BCUT2D eigenvalue weighted by molar-refractivity contribution is 0.0293. The van der Waals surface area contributed by atoms with Crippen LogP contribution >= 0.6 is 0 Å². The molecule has 3 heterocycles. The largest absolute Gasteiger partial charge is 0.444 e. The van der Waals surface area contributed by atoms with Gasteiger partial charge in [0.2, 0.25) is 5.95 Å². The first-order valence-corrected chi connectivity index (χ1v) is 8.96. The second-order valence-electron chi connectivity index (χ2n) is 7.65. The number of aromatic nitrogens is 3. The maximum atomic E-state index is 12.3. The summed E-state index contributed by atoms with van der Waals surface area (Å²) in [4.78, 5) is 34.8. The van der Waals surface area contributed by atoms with Crippen molar-refractivity contribution in [3.8, 4) is 11.3 Å². The SMILES string of the molecule is Cn1c(NC2CCN(C(=O)OC(C)(C)C)C2)nc(-c2ccncc2)cc1=O. The summed E-state index contributed by atoms with van der Waals surface area (Å²) in [5, 5.41) is 3.29. The molecule has 1 atom stereocenters. The summed E-state index contributed by atoms with van der Waals surface area (Å²) < 4.78 is 6.90. The minimum Gasteiger partial charge on any atom is -0.444 e. The average molecular weight is 371 g/mol. The van der Waals surface area contributed by atoms with Gasteiger partial charge in [0.1, 0.15) is 5.60 Å². The Balaban J connectivity index is 1.74. The number of amides is 1. The van der Waals surface area contributed by atoms with Crippen LogP contribution in [0, 0.1) is 0 Å². The van der Waals surface area contributed by atoms with Crippen molar-refractivity contribution >= 4 is 12.0 Å². The average Bonchev–Trinajstić information content (AvgIpc) is 3.07. The van der Waals surface area contributed by atoms with Crippen LogP contribution in [0.25, 0.3) is 11.3 Å². The second-order valence-corrected chi connectivity index (χ2v) is 7.65. The minimum absolute atomic E-state index is 0.00306. The molecule has 8 nitrogen and oxygen atoms in total. The van der Waals surface area contributed by atoms with Crippen LogP contribution in [0.1, 0.15) is 27.2 Å². The van der Waals surface area contributed by atoms with Crippen LogP contribution in [0.2, 0.25) is 0 Å². The fraction of sp³-hybridized carbons (Fsp3) is 0.474. The topological polar surface area (TPSA) is 89.3 Å². The predicted molar refractivity (Wildman–Crippen MR) is 103 cm³/mol. The van der Waals surface area contributed by atoms with Gasteiger partial charge in [-0.2, -0.15) is 0 Å². The lowest BCUT2D eigenvalue weighted by Crippen LogP contribution is -2.37. The number of carbonyl (C=O) groups excluding carboxylic acids is 1. The zero-order valence-corrected chi connectivity index (χ0v) is 16.1. The van der Waals surface area contributed by atoms with Crippen molar-refractivity contribution < 1.29 is 9.53 Å². The molecule has 0 aliphatic carbocycles. The Morgan fingerprint density at radius 1 is 1.30 bits per heavy atom. The monoisotopic (exact) mass is 371 g/mol. The molecule has 0 radical (unpaired) electrons. The molecule has 1 amide bonds. The molecule has 1 aliphatic rings. The van der Waals surface area contributed by atoms with E-state index in [-0.39, 0.29) is 17.7 Å². The molecule has 0 saturated carbocycles. The molecule has 1 N–H and O–H groups in total. The van der Waals surface area contributed by atoms with E-state index < -0.39 is 5.60 Å². The van der Waals surface area contributed by atoms with E-state index in [0.717, 1.165) is 12.0 Å². The maximum Gasteiger partial charge on any atom is 0.410 e. The highest BCUT2D eigenvalue weighted by molar-refractivity contribution is 5.68. The summed E-state index contributed by atoms with van der Waals surface area (Å²) in [6.07, 6.45) is 3.77. The van der Waals surface area contributed by atoms with Gasteiger partial charge in [0.05, 0.1) is 5.69 Å². The fourth-order valence-corrected chi connectivity index (χ4v) is 2.89. The molecule has 1 unspecified atom stereocenters. The smallest absolute Gasteiger partial charge is 0.410 e. The van der Waals surface area contributed by atoms with Crippen molar-refractivity contribution in [2.24, 2.45) is 7.05 Å². The van der Waals surface area contributed by atoms with Crippen molar-refractivity contribution in [3.05, 3.63) is 40.9 Å². The third-order valence-electron chi connectivity index (χ3n) is 4.28. The van der Waals surface area contributed by atoms with E-state index in [1.54, 1.807) is 24.3 Å². The van der Waals surface area contributed by atoms with E-state index in [1.165, 1.54) is 10.6 Å². The van der Waals surface area contributed by atoms with Gasteiger partial charge in [0.15, 0.2) is 0 Å². The van der Waals surface area contributed by atoms with E-state index in [4.69, 9.17) is 4.74 Å². The molecule has 27 heavy (non-hydrogen) atoms. The highest BCUT2D eigenvalue weighted by Crippen LogP contribution is 2.20. The van der Waals surface area contributed by atoms with E-state index in [1.807, 2.05) is 32.9 Å². The van der Waals surface area contributed by atoms with Crippen LogP contribution in [-0.2, 0) is 11.8 Å². The maximum absolute atomic E-state index is 12.3. The second kappa shape index (κ2) is 7.38. The Morgan fingerprint density at radius 2 is 2.00 bits per heavy atom. The number of anilines is 1. The van der Waals surface area contributed by atoms with Gasteiger partial charge in [-0.3, -0.25) is 14.3 Å². The zero-order valence-electron chi connectivity index (χ0n) is 16.1. The number of hydrogen-bond acceptors (Lipinski definition) is 6. The molecule has 2 aromatic heterocycles. The van der Waals surface area contributed by atoms with E-state index >= 15 is 0 Å². The van der Waals surface area contributed by atoms with Crippen LogP contribution < -0.4 is 10.9 Å². The van der Waals surface area contributed by atoms with Gasteiger partial charge in [-0.25, -0.2) is 9.78 Å². The van der Waals surface area contributed by atoms with Crippen molar-refractivity contribution in [2.45, 2.75) is 38.8 Å². The van der Waals surface area contributed by atoms with Gasteiger partial charge < -0.3 is 15.0 Å². The van der Waals surface area contributed by atoms with Gasteiger partial charge >= 0.3 is 6.09 Å². The lowest BCUT2D eigenvalue weighted by atomic mass is 10.2. The normalized spacial score (nSPS) is 17.0. The molecule has 144 valence electrons. The molecule has 1 aliphatic heterocycles. The zero-order chi connectivity index (χ0) is 19.6. The minimum atomic E-state index is -0.521. The fourth-order valence-electron chi connectivity index (χ4n) is 2.89. The van der Waals surface area contributed by atoms with Crippen molar-refractivity contribution in [2.75, 3.05) is 18.4 Å². The quantitative estimate of drug-likeness (QED) is 0.890. The summed E-state index contributed by atoms with van der Waals surface area (Å²) >= 11 is 0. The van der Waals surface area contributed by atoms with Crippen LogP contribution in [0.5, 0.6) is 0 Å². The Morgan fingerprint density at radius 3 is 2.67 bits per heavy atom. The Labute approximate surface area is 158 Å². The molecule has 2 aromatic rings. The molecular weight excluding hydrogens is 346 g/mol. The van der Waals surface area contributed by atoms with Crippen LogP contribution in [0.4, 0.5) is 10.7 Å². The molecule has 1 fully saturated rings. The first-order valence-electron chi connectivity index (χ1n) is 8.96. The summed E-state index contributed by atoms with van der Waals surface area (Å²) in [7, 11) is 1.68. The van der Waals surface area contributed by atoms with Gasteiger partial charge in [0.25, 0.3) is 5.56 Å². The first-order chi connectivity index (χ1) is 12.7. The Kier molecular flexibility index (Phi) is 5.16. The van der Waals surface area contributed by atoms with Gasteiger partial charge in [-0.1, -0.05) is 0 Å².